The summed E-state index contributed by atoms with van der Waals surface area (Å²) < 4.78 is 15.7. The van der Waals surface area contributed by atoms with Crippen LogP contribution in [0, 0.1) is 16.0 Å². The van der Waals surface area contributed by atoms with Crippen molar-refractivity contribution in [1.29, 1.82) is 0 Å². The van der Waals surface area contributed by atoms with E-state index in [9.17, 15) is 19.7 Å². The predicted octanol–water partition coefficient (Wildman–Crippen LogP) is 3.10. The van der Waals surface area contributed by atoms with E-state index in [1.54, 1.807) is 25.1 Å². The molecule has 0 fully saturated rings. The Labute approximate surface area is 157 Å². The first kappa shape index (κ1) is 20.7. The number of rotatable bonds is 11. The monoisotopic (exact) mass is 379 g/mol. The van der Waals surface area contributed by atoms with Gasteiger partial charge in [0.15, 0.2) is 11.5 Å². The van der Waals surface area contributed by atoms with Crippen molar-refractivity contribution in [3.05, 3.63) is 33.9 Å². The Morgan fingerprint density at radius 1 is 1.22 bits per heavy atom. The van der Waals surface area contributed by atoms with Gasteiger partial charge in [0.05, 0.1) is 12.5 Å². The third kappa shape index (κ3) is 5.42. The normalized spacial score (nSPS) is 14.4. The van der Waals surface area contributed by atoms with Crippen LogP contribution in [-0.4, -0.2) is 36.6 Å². The highest BCUT2D eigenvalue weighted by Crippen LogP contribution is 2.37. The molecule has 148 valence electrons. The van der Waals surface area contributed by atoms with Gasteiger partial charge in [0, 0.05) is 11.3 Å². The van der Waals surface area contributed by atoms with Crippen LogP contribution in [0.3, 0.4) is 0 Å². The number of nitro groups is 1. The van der Waals surface area contributed by atoms with E-state index >= 15 is 0 Å². The van der Waals surface area contributed by atoms with Crippen LogP contribution in [0.5, 0.6) is 11.5 Å². The first-order valence-corrected chi connectivity index (χ1v) is 9.18. The molecule has 0 aliphatic carbocycles. The van der Waals surface area contributed by atoms with Crippen LogP contribution >= 0.6 is 0 Å². The van der Waals surface area contributed by atoms with Crippen molar-refractivity contribution < 1.29 is 28.7 Å². The molecule has 0 bridgehead atoms. The number of Topliss-reactive ketones (excluding diaryl/α,β-unsaturated/α-hetero) is 1. The summed E-state index contributed by atoms with van der Waals surface area (Å²) in [5.74, 6) is -2.22. The van der Waals surface area contributed by atoms with Gasteiger partial charge in [0.1, 0.15) is 11.7 Å². The molecule has 0 saturated carbocycles. The zero-order valence-corrected chi connectivity index (χ0v) is 15.6. The average Bonchev–Trinajstić information content (AvgIpc) is 3.09. The first-order chi connectivity index (χ1) is 13.0. The van der Waals surface area contributed by atoms with Crippen LogP contribution in [0.2, 0.25) is 0 Å². The molecule has 1 aliphatic rings. The molecule has 0 radical (unpaired) electrons. The fourth-order valence-electron chi connectivity index (χ4n) is 3.16. The lowest BCUT2D eigenvalue weighted by atomic mass is 9.81. The van der Waals surface area contributed by atoms with Gasteiger partial charge in [-0.3, -0.25) is 19.7 Å². The minimum absolute atomic E-state index is 0.0654. The topological polar surface area (TPSA) is 105 Å². The summed E-state index contributed by atoms with van der Waals surface area (Å²) in [7, 11) is 0. The number of fused-ring (bicyclic) bond motifs is 1. The first-order valence-electron chi connectivity index (χ1n) is 9.18. The Bertz CT molecular complexity index is 689. The molecule has 0 saturated heterocycles. The van der Waals surface area contributed by atoms with E-state index in [2.05, 4.69) is 0 Å². The lowest BCUT2D eigenvalue weighted by Gasteiger charge is -2.22. The predicted molar refractivity (Wildman–Crippen MR) is 96.4 cm³/mol. The van der Waals surface area contributed by atoms with E-state index in [-0.39, 0.29) is 25.6 Å². The van der Waals surface area contributed by atoms with Crippen molar-refractivity contribution >= 4 is 11.8 Å². The van der Waals surface area contributed by atoms with E-state index in [4.69, 9.17) is 14.2 Å². The number of benzene rings is 1. The summed E-state index contributed by atoms with van der Waals surface area (Å²) in [6, 6.07) is 4.86. The molecule has 2 unspecified atom stereocenters. The maximum absolute atomic E-state index is 12.8. The van der Waals surface area contributed by atoms with E-state index in [1.165, 1.54) is 0 Å². The molecule has 2 atom stereocenters. The van der Waals surface area contributed by atoms with Gasteiger partial charge < -0.3 is 14.2 Å². The lowest BCUT2D eigenvalue weighted by Crippen LogP contribution is -2.35. The fourth-order valence-corrected chi connectivity index (χ4v) is 3.16. The molecule has 0 spiro atoms. The van der Waals surface area contributed by atoms with Gasteiger partial charge in [0.2, 0.25) is 13.3 Å². The minimum atomic E-state index is -1.22. The summed E-state index contributed by atoms with van der Waals surface area (Å²) in [5, 5.41) is 11.3. The highest BCUT2D eigenvalue weighted by atomic mass is 16.7. The molecule has 1 aliphatic heterocycles. The highest BCUT2D eigenvalue weighted by molar-refractivity contribution is 6.00. The Morgan fingerprint density at radius 3 is 2.63 bits per heavy atom. The van der Waals surface area contributed by atoms with Gasteiger partial charge in [-0.25, -0.2) is 0 Å². The Balaban J connectivity index is 2.35. The summed E-state index contributed by atoms with van der Waals surface area (Å²) >= 11 is 0. The highest BCUT2D eigenvalue weighted by Gasteiger charge is 2.40. The summed E-state index contributed by atoms with van der Waals surface area (Å²) in [6.07, 6.45) is 2.61. The summed E-state index contributed by atoms with van der Waals surface area (Å²) in [5.41, 5.74) is 0.484. The SMILES string of the molecule is CCCCCC(=O)C(C(=O)OCC)C(C[N+](=O)[O-])c1ccc2c(c1)OCO2. The van der Waals surface area contributed by atoms with Gasteiger partial charge in [-0.2, -0.15) is 0 Å². The zero-order valence-electron chi connectivity index (χ0n) is 15.6. The molecule has 0 aromatic heterocycles. The molecular formula is C19H25NO7. The molecule has 0 N–H and O–H groups in total. The number of ether oxygens (including phenoxy) is 3. The molecule has 1 aromatic carbocycles. The standard InChI is InChI=1S/C19H25NO7/c1-3-5-6-7-15(21)18(19(22)25-4-2)14(11-20(23)24)13-8-9-16-17(10-13)27-12-26-16/h8-10,14,18H,3-7,11-12H2,1-2H3. The van der Waals surface area contributed by atoms with Gasteiger partial charge in [-0.15, -0.1) is 0 Å². The number of hydrogen-bond acceptors (Lipinski definition) is 7. The third-order valence-corrected chi connectivity index (χ3v) is 4.49. The number of carbonyl (C=O) groups excluding carboxylic acids is 2. The molecule has 8 heteroatoms. The van der Waals surface area contributed by atoms with Gasteiger partial charge >= 0.3 is 5.97 Å². The summed E-state index contributed by atoms with van der Waals surface area (Å²) in [4.78, 5) is 36.1. The molecule has 8 nitrogen and oxygen atoms in total. The molecule has 2 rings (SSSR count). The van der Waals surface area contributed by atoms with E-state index in [1.807, 2.05) is 6.92 Å². The fraction of sp³-hybridized carbons (Fsp3) is 0.579. The van der Waals surface area contributed by atoms with Gasteiger partial charge in [0.25, 0.3) is 0 Å². The van der Waals surface area contributed by atoms with Crippen LogP contribution in [0.4, 0.5) is 0 Å². The Kier molecular flexibility index (Phi) is 7.57. The van der Waals surface area contributed by atoms with E-state index in [0.717, 1.165) is 12.8 Å². The zero-order chi connectivity index (χ0) is 19.8. The average molecular weight is 379 g/mol. The van der Waals surface area contributed by atoms with Crippen LogP contribution in [-0.2, 0) is 14.3 Å². The number of hydrogen-bond donors (Lipinski definition) is 0. The van der Waals surface area contributed by atoms with Crippen LogP contribution < -0.4 is 9.47 Å². The molecule has 1 aromatic rings. The molecule has 0 amide bonds. The van der Waals surface area contributed by atoms with Crippen molar-refractivity contribution in [2.75, 3.05) is 19.9 Å². The second-order valence-corrected chi connectivity index (χ2v) is 6.39. The van der Waals surface area contributed by atoms with Gasteiger partial charge in [-0.1, -0.05) is 25.8 Å². The number of ketones is 1. The molecule has 27 heavy (non-hydrogen) atoms. The largest absolute Gasteiger partial charge is 0.465 e. The number of unbranched alkanes of at least 4 members (excludes halogenated alkanes) is 2. The summed E-state index contributed by atoms with van der Waals surface area (Å²) in [6.45, 7) is 3.26. The smallest absolute Gasteiger partial charge is 0.317 e. The lowest BCUT2D eigenvalue weighted by molar-refractivity contribution is -0.484. The second-order valence-electron chi connectivity index (χ2n) is 6.39. The van der Waals surface area contributed by atoms with Crippen molar-refractivity contribution in [3.63, 3.8) is 0 Å². The van der Waals surface area contributed by atoms with E-state index < -0.39 is 29.3 Å². The third-order valence-electron chi connectivity index (χ3n) is 4.49. The Morgan fingerprint density at radius 2 is 1.96 bits per heavy atom. The Hall–Kier alpha value is -2.64. The quantitative estimate of drug-likeness (QED) is 0.191. The van der Waals surface area contributed by atoms with Gasteiger partial charge in [-0.05, 0) is 31.0 Å². The van der Waals surface area contributed by atoms with Crippen molar-refractivity contribution in [2.45, 2.75) is 45.4 Å². The number of carbonyl (C=O) groups is 2. The van der Waals surface area contributed by atoms with Crippen molar-refractivity contribution in [1.82, 2.24) is 0 Å². The number of esters is 1. The maximum Gasteiger partial charge on any atom is 0.317 e. The van der Waals surface area contributed by atoms with Crippen molar-refractivity contribution in [2.24, 2.45) is 5.92 Å². The van der Waals surface area contributed by atoms with Crippen LogP contribution in [0.1, 0.15) is 51.0 Å². The number of nitrogens with zero attached hydrogens (tertiary/aromatic N) is 1. The molecular weight excluding hydrogens is 354 g/mol. The molecule has 1 heterocycles. The van der Waals surface area contributed by atoms with Crippen molar-refractivity contribution in [3.8, 4) is 11.5 Å². The second kappa shape index (κ2) is 9.89. The van der Waals surface area contributed by atoms with Crippen LogP contribution in [0.25, 0.3) is 0 Å². The maximum atomic E-state index is 12.8. The van der Waals surface area contributed by atoms with E-state index in [0.29, 0.717) is 23.5 Å². The minimum Gasteiger partial charge on any atom is -0.465 e. The van der Waals surface area contributed by atoms with Crippen LogP contribution in [0.15, 0.2) is 18.2 Å².